The lowest BCUT2D eigenvalue weighted by molar-refractivity contribution is 0.188. The third kappa shape index (κ3) is 2.52. The molecular weight excluding hydrogens is 236 g/mol. The molecule has 2 atom stereocenters. The van der Waals surface area contributed by atoms with Gasteiger partial charge in [0.1, 0.15) is 6.07 Å². The minimum atomic E-state index is 0.523. The Morgan fingerprint density at radius 3 is 3.05 bits per heavy atom. The highest BCUT2D eigenvalue weighted by Gasteiger charge is 2.31. The molecule has 0 amide bonds. The molecule has 19 heavy (non-hydrogen) atoms. The second-order valence-corrected chi connectivity index (χ2v) is 5.61. The molecule has 2 aliphatic rings. The maximum absolute atomic E-state index is 9.01. The van der Waals surface area contributed by atoms with Crippen LogP contribution in [0.1, 0.15) is 31.2 Å². The van der Waals surface area contributed by atoms with Crippen LogP contribution in [0, 0.1) is 11.3 Å². The number of nitrogen functional groups attached to an aromatic ring is 1. The van der Waals surface area contributed by atoms with E-state index < -0.39 is 0 Å². The van der Waals surface area contributed by atoms with Crippen LogP contribution in [-0.2, 0) is 0 Å². The Morgan fingerprint density at radius 1 is 1.32 bits per heavy atom. The van der Waals surface area contributed by atoms with E-state index in [1.165, 1.54) is 38.8 Å². The smallest absolute Gasteiger partial charge is 0.101 e. The molecule has 3 rings (SSSR count). The molecule has 3 N–H and O–H groups in total. The Hall–Kier alpha value is -1.73. The molecular formula is C15H20N4. The van der Waals surface area contributed by atoms with Gasteiger partial charge in [-0.2, -0.15) is 5.26 Å². The van der Waals surface area contributed by atoms with Gasteiger partial charge < -0.3 is 16.0 Å². The molecule has 0 aliphatic carbocycles. The van der Waals surface area contributed by atoms with E-state index in [2.05, 4.69) is 16.3 Å². The van der Waals surface area contributed by atoms with Gasteiger partial charge in [0, 0.05) is 30.0 Å². The first-order chi connectivity index (χ1) is 9.26. The quantitative estimate of drug-likeness (QED) is 0.796. The molecule has 4 nitrogen and oxygen atoms in total. The highest BCUT2D eigenvalue weighted by molar-refractivity contribution is 5.62. The second kappa shape index (κ2) is 5.10. The van der Waals surface area contributed by atoms with Gasteiger partial charge in [-0.05, 0) is 50.4 Å². The fourth-order valence-electron chi connectivity index (χ4n) is 3.33. The fourth-order valence-corrected chi connectivity index (χ4v) is 3.33. The van der Waals surface area contributed by atoms with Crippen LogP contribution in [0.25, 0.3) is 0 Å². The number of nitriles is 1. The zero-order valence-electron chi connectivity index (χ0n) is 11.1. The third-order valence-electron chi connectivity index (χ3n) is 4.36. The first kappa shape index (κ1) is 12.3. The van der Waals surface area contributed by atoms with Crippen LogP contribution in [0.3, 0.4) is 0 Å². The number of nitrogens with two attached hydrogens (primary N) is 1. The summed E-state index contributed by atoms with van der Waals surface area (Å²) < 4.78 is 0. The van der Waals surface area contributed by atoms with Gasteiger partial charge in [0.05, 0.1) is 5.56 Å². The fraction of sp³-hybridized carbons (Fsp3) is 0.533. The highest BCUT2D eigenvalue weighted by Crippen LogP contribution is 2.29. The lowest BCUT2D eigenvalue weighted by atomic mass is 9.97. The van der Waals surface area contributed by atoms with Crippen molar-refractivity contribution in [2.24, 2.45) is 0 Å². The molecule has 2 unspecified atom stereocenters. The summed E-state index contributed by atoms with van der Waals surface area (Å²) in [5.74, 6) is 0. The Bertz CT molecular complexity index is 505. The molecule has 2 heterocycles. The summed E-state index contributed by atoms with van der Waals surface area (Å²) in [6, 6.07) is 9.06. The van der Waals surface area contributed by atoms with E-state index in [0.717, 1.165) is 11.7 Å². The van der Waals surface area contributed by atoms with Crippen molar-refractivity contribution in [1.29, 1.82) is 5.26 Å². The Kier molecular flexibility index (Phi) is 3.31. The van der Waals surface area contributed by atoms with Gasteiger partial charge in [0.2, 0.25) is 0 Å². The molecule has 1 aromatic rings. The topological polar surface area (TPSA) is 65.1 Å². The molecule has 0 bridgehead atoms. The van der Waals surface area contributed by atoms with Crippen molar-refractivity contribution in [1.82, 2.24) is 4.90 Å². The van der Waals surface area contributed by atoms with Crippen LogP contribution in [-0.4, -0.2) is 30.1 Å². The van der Waals surface area contributed by atoms with Crippen LogP contribution in [0.5, 0.6) is 0 Å². The van der Waals surface area contributed by atoms with Crippen LogP contribution in [0.4, 0.5) is 11.4 Å². The van der Waals surface area contributed by atoms with E-state index in [1.54, 1.807) is 0 Å². The summed E-state index contributed by atoms with van der Waals surface area (Å²) in [4.78, 5) is 2.61. The summed E-state index contributed by atoms with van der Waals surface area (Å²) in [5.41, 5.74) is 7.88. The zero-order valence-corrected chi connectivity index (χ0v) is 11.1. The van der Waals surface area contributed by atoms with Crippen molar-refractivity contribution < 1.29 is 0 Å². The molecule has 0 aromatic heterocycles. The summed E-state index contributed by atoms with van der Waals surface area (Å²) in [6.07, 6.45) is 5.08. The van der Waals surface area contributed by atoms with Crippen LogP contribution in [0.15, 0.2) is 18.2 Å². The number of fused-ring (bicyclic) bond motifs is 1. The molecule has 2 saturated heterocycles. The van der Waals surface area contributed by atoms with Crippen molar-refractivity contribution in [2.45, 2.75) is 37.8 Å². The lowest BCUT2D eigenvalue weighted by Crippen LogP contribution is -2.42. The second-order valence-electron chi connectivity index (χ2n) is 5.61. The lowest BCUT2D eigenvalue weighted by Gasteiger charge is -2.35. The van der Waals surface area contributed by atoms with Gasteiger partial charge >= 0.3 is 0 Å². The number of nitrogens with one attached hydrogen (secondary N) is 1. The molecule has 0 saturated carbocycles. The Balaban J connectivity index is 1.67. The van der Waals surface area contributed by atoms with Crippen LogP contribution >= 0.6 is 0 Å². The Labute approximate surface area is 114 Å². The maximum Gasteiger partial charge on any atom is 0.101 e. The number of anilines is 2. The number of hydrogen-bond donors (Lipinski definition) is 2. The number of benzene rings is 1. The van der Waals surface area contributed by atoms with Gasteiger partial charge in [-0.15, -0.1) is 0 Å². The molecule has 0 radical (unpaired) electrons. The average Bonchev–Trinajstić information content (AvgIpc) is 2.88. The Morgan fingerprint density at radius 2 is 2.21 bits per heavy atom. The summed E-state index contributed by atoms with van der Waals surface area (Å²) in [7, 11) is 0. The summed E-state index contributed by atoms with van der Waals surface area (Å²) >= 11 is 0. The van der Waals surface area contributed by atoms with E-state index in [-0.39, 0.29) is 0 Å². The predicted octanol–water partition coefficient (Wildman–Crippen LogP) is 2.18. The van der Waals surface area contributed by atoms with E-state index in [9.17, 15) is 0 Å². The van der Waals surface area contributed by atoms with Crippen LogP contribution < -0.4 is 11.1 Å². The normalized spacial score (nSPS) is 26.7. The third-order valence-corrected chi connectivity index (χ3v) is 4.36. The minimum Gasteiger partial charge on any atom is -0.398 e. The predicted molar refractivity (Wildman–Crippen MR) is 76.8 cm³/mol. The maximum atomic E-state index is 9.01. The van der Waals surface area contributed by atoms with Gasteiger partial charge in [-0.1, -0.05) is 0 Å². The molecule has 2 aliphatic heterocycles. The van der Waals surface area contributed by atoms with Crippen molar-refractivity contribution >= 4 is 11.4 Å². The van der Waals surface area contributed by atoms with E-state index in [0.29, 0.717) is 17.3 Å². The van der Waals surface area contributed by atoms with Crippen molar-refractivity contribution in [3.8, 4) is 6.07 Å². The van der Waals surface area contributed by atoms with Crippen molar-refractivity contribution in [3.63, 3.8) is 0 Å². The highest BCUT2D eigenvalue weighted by atomic mass is 15.2. The molecule has 0 spiro atoms. The number of nitrogens with zero attached hydrogens (tertiary/aromatic N) is 2. The SMILES string of the molecule is N#Cc1cc(NC2CCN3CCCC3C2)ccc1N. The largest absolute Gasteiger partial charge is 0.398 e. The van der Waals surface area contributed by atoms with Crippen molar-refractivity contribution in [3.05, 3.63) is 23.8 Å². The van der Waals surface area contributed by atoms with E-state index >= 15 is 0 Å². The zero-order chi connectivity index (χ0) is 13.2. The number of piperidine rings is 1. The molecule has 2 fully saturated rings. The monoisotopic (exact) mass is 256 g/mol. The summed E-state index contributed by atoms with van der Waals surface area (Å²) in [6.45, 7) is 2.47. The van der Waals surface area contributed by atoms with Gasteiger partial charge in [0.25, 0.3) is 0 Å². The van der Waals surface area contributed by atoms with E-state index in [1.807, 2.05) is 18.2 Å². The van der Waals surface area contributed by atoms with Crippen molar-refractivity contribution in [2.75, 3.05) is 24.1 Å². The van der Waals surface area contributed by atoms with Gasteiger partial charge in [0.15, 0.2) is 0 Å². The van der Waals surface area contributed by atoms with Gasteiger partial charge in [-0.3, -0.25) is 0 Å². The molecule has 100 valence electrons. The first-order valence-corrected chi connectivity index (χ1v) is 7.06. The average molecular weight is 256 g/mol. The molecule has 4 heteroatoms. The van der Waals surface area contributed by atoms with E-state index in [4.69, 9.17) is 11.0 Å². The number of hydrogen-bond acceptors (Lipinski definition) is 4. The molecule has 1 aromatic carbocycles. The van der Waals surface area contributed by atoms with Gasteiger partial charge in [-0.25, -0.2) is 0 Å². The minimum absolute atomic E-state index is 0.523. The van der Waals surface area contributed by atoms with Crippen LogP contribution in [0.2, 0.25) is 0 Å². The number of rotatable bonds is 2. The standard InChI is InChI=1S/C15H20N4/c16-10-11-8-12(3-4-15(11)17)18-13-5-7-19-6-1-2-14(19)9-13/h3-4,8,13-14,18H,1-2,5-7,9,17H2. The first-order valence-electron chi connectivity index (χ1n) is 7.06. The summed E-state index contributed by atoms with van der Waals surface area (Å²) in [5, 5.41) is 12.6.